The molecule has 4 heterocycles. The van der Waals surface area contributed by atoms with E-state index in [0.29, 0.717) is 13.2 Å². The average molecular weight is 415 g/mol. The molecule has 0 spiro atoms. The van der Waals surface area contributed by atoms with E-state index in [9.17, 15) is 4.39 Å². The highest BCUT2D eigenvalue weighted by Gasteiger charge is 2.22. The van der Waals surface area contributed by atoms with Crippen LogP contribution in [0.2, 0.25) is 0 Å². The van der Waals surface area contributed by atoms with E-state index in [1.807, 2.05) is 12.3 Å². The monoisotopic (exact) mass is 415 g/mol. The van der Waals surface area contributed by atoms with Crippen molar-refractivity contribution in [2.45, 2.75) is 6.42 Å². The van der Waals surface area contributed by atoms with Gasteiger partial charge in [0.25, 0.3) is 0 Å². The van der Waals surface area contributed by atoms with Gasteiger partial charge in [-0.05, 0) is 60.5 Å². The van der Waals surface area contributed by atoms with E-state index >= 15 is 0 Å². The summed E-state index contributed by atoms with van der Waals surface area (Å²) >= 11 is 0. The number of hydrogen-bond acceptors (Lipinski definition) is 5. The molecule has 0 amide bonds. The lowest BCUT2D eigenvalue weighted by Gasteiger charge is -2.28. The summed E-state index contributed by atoms with van der Waals surface area (Å²) in [4.78, 5) is 12.1. The standard InChI is InChI=1S/C24H22FN5O/c25-18-3-1-16(2-4-18)23-28-22-21(29-11-13-31-14-12-29)8-10-27-24(22)30(23)19-5-6-20-17(15-19)7-9-26-20/h1-6,8,10,15,26H,7,9,11-14H2. The maximum Gasteiger partial charge on any atom is 0.167 e. The van der Waals surface area contributed by atoms with Crippen molar-refractivity contribution in [3.05, 3.63) is 66.1 Å². The molecule has 6 nitrogen and oxygen atoms in total. The van der Waals surface area contributed by atoms with Gasteiger partial charge < -0.3 is 15.0 Å². The summed E-state index contributed by atoms with van der Waals surface area (Å²) in [6.45, 7) is 4.00. The highest BCUT2D eigenvalue weighted by atomic mass is 19.1. The number of imidazole rings is 1. The first-order valence-electron chi connectivity index (χ1n) is 10.6. The Kier molecular flexibility index (Phi) is 4.35. The van der Waals surface area contributed by atoms with Gasteiger partial charge in [0.05, 0.1) is 18.9 Å². The first kappa shape index (κ1) is 18.3. The molecule has 2 aromatic carbocycles. The molecule has 2 aliphatic heterocycles. The maximum atomic E-state index is 13.6. The van der Waals surface area contributed by atoms with Gasteiger partial charge in [-0.3, -0.25) is 4.57 Å². The Hall–Kier alpha value is -3.45. The van der Waals surface area contributed by atoms with Crippen LogP contribution in [0.3, 0.4) is 0 Å². The molecule has 2 aliphatic rings. The van der Waals surface area contributed by atoms with Crippen molar-refractivity contribution in [2.75, 3.05) is 43.1 Å². The first-order valence-corrected chi connectivity index (χ1v) is 10.6. The first-order chi connectivity index (χ1) is 15.3. The summed E-state index contributed by atoms with van der Waals surface area (Å²) in [7, 11) is 0. The average Bonchev–Trinajstić information content (AvgIpc) is 3.44. The third-order valence-electron chi connectivity index (χ3n) is 6.04. The molecule has 0 atom stereocenters. The molecule has 1 saturated heterocycles. The van der Waals surface area contributed by atoms with Gasteiger partial charge in [0.15, 0.2) is 5.65 Å². The van der Waals surface area contributed by atoms with Crippen LogP contribution in [0.15, 0.2) is 54.7 Å². The van der Waals surface area contributed by atoms with Crippen molar-refractivity contribution in [3.63, 3.8) is 0 Å². The summed E-state index contributed by atoms with van der Waals surface area (Å²) in [6, 6.07) is 14.9. The quantitative estimate of drug-likeness (QED) is 0.548. The number of aromatic nitrogens is 3. The van der Waals surface area contributed by atoms with Gasteiger partial charge in [0.1, 0.15) is 17.2 Å². The summed E-state index contributed by atoms with van der Waals surface area (Å²) in [5.74, 6) is 0.497. The van der Waals surface area contributed by atoms with Crippen LogP contribution < -0.4 is 10.2 Å². The molecule has 1 N–H and O–H groups in total. The molecule has 1 fully saturated rings. The zero-order valence-corrected chi connectivity index (χ0v) is 17.0. The van der Waals surface area contributed by atoms with E-state index in [4.69, 9.17) is 14.7 Å². The number of rotatable bonds is 3. The fraction of sp³-hybridized carbons (Fsp3) is 0.250. The Labute approximate surface area is 179 Å². The van der Waals surface area contributed by atoms with E-state index in [2.05, 4.69) is 33.0 Å². The van der Waals surface area contributed by atoms with Gasteiger partial charge in [0, 0.05) is 42.8 Å². The fourth-order valence-corrected chi connectivity index (χ4v) is 4.49. The number of nitrogens with zero attached hydrogens (tertiary/aromatic N) is 4. The normalized spacial score (nSPS) is 15.8. The number of anilines is 2. The van der Waals surface area contributed by atoms with Crippen molar-refractivity contribution in [3.8, 4) is 17.1 Å². The molecular weight excluding hydrogens is 393 g/mol. The molecule has 4 aromatic rings. The molecule has 0 saturated carbocycles. The number of pyridine rings is 1. The van der Waals surface area contributed by atoms with Crippen LogP contribution in [0.1, 0.15) is 5.56 Å². The smallest absolute Gasteiger partial charge is 0.167 e. The second kappa shape index (κ2) is 7.35. The third kappa shape index (κ3) is 3.13. The van der Waals surface area contributed by atoms with Crippen LogP contribution in [-0.2, 0) is 11.2 Å². The molecule has 31 heavy (non-hydrogen) atoms. The van der Waals surface area contributed by atoms with E-state index in [-0.39, 0.29) is 5.82 Å². The number of morpholine rings is 1. The van der Waals surface area contributed by atoms with Crippen LogP contribution in [0.25, 0.3) is 28.2 Å². The van der Waals surface area contributed by atoms with Gasteiger partial charge in [-0.25, -0.2) is 14.4 Å². The minimum absolute atomic E-state index is 0.262. The van der Waals surface area contributed by atoms with E-state index in [0.717, 1.165) is 60.0 Å². The predicted molar refractivity (Wildman–Crippen MR) is 119 cm³/mol. The number of fused-ring (bicyclic) bond motifs is 2. The van der Waals surface area contributed by atoms with Gasteiger partial charge >= 0.3 is 0 Å². The van der Waals surface area contributed by atoms with Crippen molar-refractivity contribution in [1.29, 1.82) is 0 Å². The summed E-state index contributed by atoms with van der Waals surface area (Å²) in [5.41, 5.74) is 7.03. The Balaban J connectivity index is 1.59. The zero-order chi connectivity index (χ0) is 20.8. The second-order valence-corrected chi connectivity index (χ2v) is 7.90. The lowest BCUT2D eigenvalue weighted by atomic mass is 10.1. The Bertz CT molecular complexity index is 1260. The molecule has 0 aliphatic carbocycles. The highest BCUT2D eigenvalue weighted by Crippen LogP contribution is 2.34. The number of ether oxygens (including phenoxy) is 1. The predicted octanol–water partition coefficient (Wildman–Crippen LogP) is 4.03. The zero-order valence-electron chi connectivity index (χ0n) is 17.0. The minimum Gasteiger partial charge on any atom is -0.384 e. The SMILES string of the molecule is Fc1ccc(-c2nc3c(N4CCOCC4)ccnc3n2-c2ccc3c(c2)CCN3)cc1. The second-order valence-electron chi connectivity index (χ2n) is 7.90. The largest absolute Gasteiger partial charge is 0.384 e. The lowest BCUT2D eigenvalue weighted by Crippen LogP contribution is -2.36. The highest BCUT2D eigenvalue weighted by molar-refractivity contribution is 5.90. The lowest BCUT2D eigenvalue weighted by molar-refractivity contribution is 0.123. The van der Waals surface area contributed by atoms with Crippen molar-refractivity contribution >= 4 is 22.5 Å². The molecule has 2 aromatic heterocycles. The molecule has 7 heteroatoms. The topological polar surface area (TPSA) is 55.2 Å². The van der Waals surface area contributed by atoms with E-state index < -0.39 is 0 Å². The van der Waals surface area contributed by atoms with Gasteiger partial charge in [0.2, 0.25) is 0 Å². The van der Waals surface area contributed by atoms with Gasteiger partial charge in [-0.2, -0.15) is 0 Å². The third-order valence-corrected chi connectivity index (χ3v) is 6.04. The number of halogens is 1. The number of nitrogens with one attached hydrogen (secondary N) is 1. The molecular formula is C24H22FN5O. The molecule has 0 radical (unpaired) electrons. The van der Waals surface area contributed by atoms with Crippen LogP contribution in [0.4, 0.5) is 15.8 Å². The molecule has 6 rings (SSSR count). The van der Waals surface area contributed by atoms with Crippen molar-refractivity contribution in [1.82, 2.24) is 14.5 Å². The summed E-state index contributed by atoms with van der Waals surface area (Å²) in [5, 5.41) is 3.41. The minimum atomic E-state index is -0.262. The van der Waals surface area contributed by atoms with Gasteiger partial charge in [-0.15, -0.1) is 0 Å². The molecule has 0 unspecified atom stereocenters. The van der Waals surface area contributed by atoms with Crippen LogP contribution >= 0.6 is 0 Å². The Morgan fingerprint density at radius 1 is 1.00 bits per heavy atom. The summed E-state index contributed by atoms with van der Waals surface area (Å²) < 4.78 is 21.2. The van der Waals surface area contributed by atoms with E-state index in [1.165, 1.54) is 23.4 Å². The van der Waals surface area contributed by atoms with Crippen molar-refractivity contribution < 1.29 is 9.13 Å². The number of benzene rings is 2. The van der Waals surface area contributed by atoms with Crippen LogP contribution in [0.5, 0.6) is 0 Å². The van der Waals surface area contributed by atoms with Gasteiger partial charge in [-0.1, -0.05) is 0 Å². The molecule has 156 valence electrons. The van der Waals surface area contributed by atoms with Crippen LogP contribution in [0, 0.1) is 5.82 Å². The van der Waals surface area contributed by atoms with E-state index in [1.54, 1.807) is 12.1 Å². The molecule has 0 bridgehead atoms. The Morgan fingerprint density at radius 2 is 1.84 bits per heavy atom. The number of hydrogen-bond donors (Lipinski definition) is 1. The van der Waals surface area contributed by atoms with Crippen LogP contribution in [-0.4, -0.2) is 47.4 Å². The maximum absolute atomic E-state index is 13.6. The fourth-order valence-electron chi connectivity index (χ4n) is 4.49. The summed E-state index contributed by atoms with van der Waals surface area (Å²) in [6.07, 6.45) is 2.84. The Morgan fingerprint density at radius 3 is 2.68 bits per heavy atom. The van der Waals surface area contributed by atoms with Crippen molar-refractivity contribution in [2.24, 2.45) is 0 Å².